The van der Waals surface area contributed by atoms with Gasteiger partial charge in [0.25, 0.3) is 0 Å². The van der Waals surface area contributed by atoms with Crippen LogP contribution >= 0.6 is 0 Å². The first kappa shape index (κ1) is 39.9. The third kappa shape index (κ3) is 7.46. The summed E-state index contributed by atoms with van der Waals surface area (Å²) in [6.45, 7) is 37.6. The van der Waals surface area contributed by atoms with Crippen LogP contribution in [-0.2, 0) is 21.7 Å². The molecule has 2 aromatic heterocycles. The van der Waals surface area contributed by atoms with Crippen molar-refractivity contribution >= 4 is 43.6 Å². The van der Waals surface area contributed by atoms with Gasteiger partial charge < -0.3 is 9.13 Å². The lowest BCUT2D eigenvalue weighted by Crippen LogP contribution is -2.24. The molecule has 7 aromatic rings. The van der Waals surface area contributed by atoms with Crippen LogP contribution in [0, 0.1) is 10.8 Å². The molecule has 0 spiro atoms. The third-order valence-corrected chi connectivity index (χ3v) is 12.1. The highest BCUT2D eigenvalue weighted by atomic mass is 15.0. The number of nitrogens with zero attached hydrogens (tertiary/aromatic N) is 2. The van der Waals surface area contributed by atoms with Crippen molar-refractivity contribution in [2.75, 3.05) is 0 Å². The molecule has 56 heavy (non-hydrogen) atoms. The van der Waals surface area contributed by atoms with Gasteiger partial charge in [0.15, 0.2) is 0 Å². The van der Waals surface area contributed by atoms with Gasteiger partial charge in [-0.1, -0.05) is 147 Å². The van der Waals surface area contributed by atoms with Gasteiger partial charge in [0, 0.05) is 32.9 Å². The Labute approximate surface area is 338 Å². The van der Waals surface area contributed by atoms with Crippen molar-refractivity contribution in [2.24, 2.45) is 10.8 Å². The maximum Gasteiger partial charge on any atom is 0.0548 e. The molecule has 0 fully saturated rings. The zero-order valence-corrected chi connectivity index (χ0v) is 37.5. The molecule has 0 aliphatic carbocycles. The Kier molecular flexibility index (Phi) is 9.35. The van der Waals surface area contributed by atoms with Gasteiger partial charge in [0.05, 0.1) is 22.1 Å². The number of rotatable bonds is 6. The first-order valence-corrected chi connectivity index (χ1v) is 21.0. The molecule has 0 aliphatic heterocycles. The SMILES string of the molecule is CC(C)(C)CC(C)(C)c1ccc2c(c1)c1cc3c(cc1n2-c1ccc(C(C)(C)C)cc1)c1cc(C(C)(C)CC(C)(C)C)ccc1n3-c1ccc(C(C)(C)C)cc1. The maximum atomic E-state index is 2.52. The first-order chi connectivity index (χ1) is 25.7. The van der Waals surface area contributed by atoms with Crippen LogP contribution in [0.4, 0.5) is 0 Å². The van der Waals surface area contributed by atoms with Gasteiger partial charge in [-0.25, -0.2) is 0 Å². The van der Waals surface area contributed by atoms with E-state index in [2.05, 4.69) is 217 Å². The Morgan fingerprint density at radius 3 is 0.893 bits per heavy atom. The van der Waals surface area contributed by atoms with Crippen molar-refractivity contribution in [1.82, 2.24) is 9.13 Å². The van der Waals surface area contributed by atoms with Gasteiger partial charge in [-0.15, -0.1) is 0 Å². The van der Waals surface area contributed by atoms with Crippen molar-refractivity contribution in [1.29, 1.82) is 0 Å². The van der Waals surface area contributed by atoms with Gasteiger partial charge >= 0.3 is 0 Å². The summed E-state index contributed by atoms with van der Waals surface area (Å²) in [5.41, 5.74) is 13.6. The highest BCUT2D eigenvalue weighted by molar-refractivity contribution is 6.19. The van der Waals surface area contributed by atoms with Gasteiger partial charge in [-0.05, 0) is 128 Å². The van der Waals surface area contributed by atoms with Crippen LogP contribution in [0.5, 0.6) is 0 Å². The predicted octanol–water partition coefficient (Wildman–Crippen LogP) is 15.9. The van der Waals surface area contributed by atoms with E-state index in [1.54, 1.807) is 0 Å². The summed E-state index contributed by atoms with van der Waals surface area (Å²) in [6.07, 6.45) is 2.21. The largest absolute Gasteiger partial charge is 0.309 e. The lowest BCUT2D eigenvalue weighted by Gasteiger charge is -2.33. The van der Waals surface area contributed by atoms with Crippen LogP contribution in [0.2, 0.25) is 0 Å². The van der Waals surface area contributed by atoms with E-state index in [0.717, 1.165) is 12.8 Å². The van der Waals surface area contributed by atoms with E-state index < -0.39 is 0 Å². The van der Waals surface area contributed by atoms with E-state index in [1.807, 2.05) is 0 Å². The van der Waals surface area contributed by atoms with Crippen LogP contribution in [0.3, 0.4) is 0 Å². The van der Waals surface area contributed by atoms with Crippen molar-refractivity contribution in [2.45, 2.75) is 145 Å². The number of hydrogen-bond donors (Lipinski definition) is 0. The minimum absolute atomic E-state index is 0.0271. The minimum Gasteiger partial charge on any atom is -0.309 e. The molecule has 0 unspecified atom stereocenters. The molecule has 0 atom stereocenters. The fourth-order valence-corrected chi connectivity index (χ4v) is 10.0. The maximum absolute atomic E-state index is 2.52. The van der Waals surface area contributed by atoms with Crippen LogP contribution < -0.4 is 0 Å². The molecule has 2 nitrogen and oxygen atoms in total. The highest BCUT2D eigenvalue weighted by Gasteiger charge is 2.30. The Balaban J connectivity index is 1.59. The molecule has 7 rings (SSSR count). The third-order valence-electron chi connectivity index (χ3n) is 12.1. The Morgan fingerprint density at radius 1 is 0.321 bits per heavy atom. The van der Waals surface area contributed by atoms with Gasteiger partial charge in [0.1, 0.15) is 0 Å². The standard InChI is InChI=1S/C54H68N2/c1-49(2,3)33-53(13,14)37-21-27-45-41(29-37)43-31-48-44(32-47(43)55(45)39-23-17-35(18-24-39)51(7,8)9)42-30-38(54(15,16)34-50(4,5)6)22-28-46(42)56(48)40-25-19-36(20-26-40)52(10,11)12/h17-32H,33-34H2,1-16H3. The Bertz CT molecular complexity index is 2390. The molecule has 0 radical (unpaired) electrons. The molecule has 0 saturated carbocycles. The van der Waals surface area contributed by atoms with Gasteiger partial charge in [-0.3, -0.25) is 0 Å². The summed E-state index contributed by atoms with van der Waals surface area (Å²) >= 11 is 0. The zero-order valence-electron chi connectivity index (χ0n) is 37.5. The molecule has 0 bridgehead atoms. The molecule has 0 aliphatic rings. The topological polar surface area (TPSA) is 9.86 Å². The summed E-state index contributed by atoms with van der Waals surface area (Å²) in [5, 5.41) is 5.22. The molecule has 2 heteroatoms. The number of hydrogen-bond acceptors (Lipinski definition) is 0. The van der Waals surface area contributed by atoms with E-state index in [-0.39, 0.29) is 32.5 Å². The monoisotopic (exact) mass is 745 g/mol. The smallest absolute Gasteiger partial charge is 0.0548 e. The van der Waals surface area contributed by atoms with E-state index >= 15 is 0 Å². The van der Waals surface area contributed by atoms with Crippen LogP contribution in [-0.4, -0.2) is 9.13 Å². The van der Waals surface area contributed by atoms with Crippen molar-refractivity contribution < 1.29 is 0 Å². The molecular formula is C54H68N2. The van der Waals surface area contributed by atoms with Crippen molar-refractivity contribution in [3.05, 3.63) is 119 Å². The molecule has 0 saturated heterocycles. The van der Waals surface area contributed by atoms with Crippen molar-refractivity contribution in [3.8, 4) is 11.4 Å². The second kappa shape index (κ2) is 13.1. The predicted molar refractivity (Wildman–Crippen MR) is 247 cm³/mol. The molecule has 0 amide bonds. The summed E-state index contributed by atoms with van der Waals surface area (Å²) in [7, 11) is 0. The quantitative estimate of drug-likeness (QED) is 0.160. The first-order valence-electron chi connectivity index (χ1n) is 21.0. The average Bonchev–Trinajstić information content (AvgIpc) is 3.55. The lowest BCUT2D eigenvalue weighted by atomic mass is 9.72. The van der Waals surface area contributed by atoms with Gasteiger partial charge in [0.2, 0.25) is 0 Å². The molecule has 2 heterocycles. The van der Waals surface area contributed by atoms with E-state index in [0.29, 0.717) is 0 Å². The van der Waals surface area contributed by atoms with Gasteiger partial charge in [-0.2, -0.15) is 0 Å². The number of aromatic nitrogens is 2. The van der Waals surface area contributed by atoms with Crippen LogP contribution in [0.15, 0.2) is 97.1 Å². The van der Waals surface area contributed by atoms with Crippen LogP contribution in [0.1, 0.15) is 146 Å². The van der Waals surface area contributed by atoms with Crippen LogP contribution in [0.25, 0.3) is 55.0 Å². The van der Waals surface area contributed by atoms with E-state index in [9.17, 15) is 0 Å². The summed E-state index contributed by atoms with van der Waals surface area (Å²) in [5.74, 6) is 0. The molecular weight excluding hydrogens is 677 g/mol. The lowest BCUT2D eigenvalue weighted by molar-refractivity contribution is 0.284. The fourth-order valence-electron chi connectivity index (χ4n) is 10.0. The summed E-state index contributed by atoms with van der Waals surface area (Å²) in [6, 6.07) is 38.2. The number of fused-ring (bicyclic) bond motifs is 6. The Morgan fingerprint density at radius 2 is 0.607 bits per heavy atom. The normalized spacial score (nSPS) is 13.9. The molecule has 294 valence electrons. The minimum atomic E-state index is 0.0271. The van der Waals surface area contributed by atoms with E-state index in [4.69, 9.17) is 0 Å². The van der Waals surface area contributed by atoms with E-state index in [1.165, 1.54) is 77.2 Å². The summed E-state index contributed by atoms with van der Waals surface area (Å²) in [4.78, 5) is 0. The second-order valence-corrected chi connectivity index (χ2v) is 22.9. The fraction of sp³-hybridized carbons (Fsp3) is 0.444. The highest BCUT2D eigenvalue weighted by Crippen LogP contribution is 2.45. The second-order valence-electron chi connectivity index (χ2n) is 22.9. The molecule has 5 aromatic carbocycles. The number of benzene rings is 5. The Hall–Kier alpha value is -4.30. The molecule has 0 N–H and O–H groups in total. The zero-order chi connectivity index (χ0) is 41.0. The van der Waals surface area contributed by atoms with Crippen molar-refractivity contribution in [3.63, 3.8) is 0 Å². The summed E-state index contributed by atoms with van der Waals surface area (Å²) < 4.78 is 5.04. The average molecular weight is 745 g/mol.